The zero-order chi connectivity index (χ0) is 20.5. The molecule has 0 aliphatic heterocycles. The summed E-state index contributed by atoms with van der Waals surface area (Å²) >= 11 is 6.72. The molecule has 1 amide bonds. The van der Waals surface area contributed by atoms with Gasteiger partial charge >= 0.3 is 0 Å². The van der Waals surface area contributed by atoms with Gasteiger partial charge in [0.15, 0.2) is 6.61 Å². The number of hydrogen-bond acceptors (Lipinski definition) is 5. The number of benzene rings is 2. The molecule has 0 aliphatic carbocycles. The van der Waals surface area contributed by atoms with Gasteiger partial charge in [-0.15, -0.1) is 0 Å². The Bertz CT molecular complexity index is 951. The largest absolute Gasteiger partial charge is 0.494 e. The molecule has 0 atom stereocenters. The van der Waals surface area contributed by atoms with Crippen molar-refractivity contribution in [3.8, 4) is 23.6 Å². The fraction of sp³-hybridized carbons (Fsp3) is 0.150. The van der Waals surface area contributed by atoms with Gasteiger partial charge in [-0.2, -0.15) is 10.5 Å². The number of nitrogens with zero attached hydrogens (tertiary/aromatic N) is 2. The molecule has 0 saturated carbocycles. The number of carbonyl (C=O) groups excluding carboxylic acids is 1. The Morgan fingerprint density at radius 1 is 1.14 bits per heavy atom. The van der Waals surface area contributed by atoms with Gasteiger partial charge in [0.25, 0.3) is 5.91 Å². The van der Waals surface area contributed by atoms with Crippen LogP contribution >= 0.6 is 31.9 Å². The number of rotatable bonds is 7. The van der Waals surface area contributed by atoms with Crippen LogP contribution in [-0.4, -0.2) is 19.1 Å². The van der Waals surface area contributed by atoms with Crippen molar-refractivity contribution in [1.82, 2.24) is 0 Å². The molecule has 2 aromatic rings. The average molecular weight is 505 g/mol. The second kappa shape index (κ2) is 10.5. The Balaban J connectivity index is 2.19. The smallest absolute Gasteiger partial charge is 0.266 e. The number of amides is 1. The van der Waals surface area contributed by atoms with E-state index in [2.05, 4.69) is 37.2 Å². The lowest BCUT2D eigenvalue weighted by atomic mass is 10.1. The van der Waals surface area contributed by atoms with E-state index < -0.39 is 5.91 Å². The highest BCUT2D eigenvalue weighted by molar-refractivity contribution is 9.11. The van der Waals surface area contributed by atoms with Crippen molar-refractivity contribution in [2.45, 2.75) is 6.92 Å². The minimum Gasteiger partial charge on any atom is -0.494 e. The average Bonchev–Trinajstić information content (AvgIpc) is 2.67. The SMILES string of the molecule is CCOc1ccc(NC(=O)/C(C#N)=C\c2cc(Br)c(OCC#N)c(Br)c2)cc1. The maximum Gasteiger partial charge on any atom is 0.266 e. The lowest BCUT2D eigenvalue weighted by Crippen LogP contribution is -2.13. The molecule has 1 N–H and O–H groups in total. The van der Waals surface area contributed by atoms with E-state index in [1.54, 1.807) is 36.4 Å². The summed E-state index contributed by atoms with van der Waals surface area (Å²) in [4.78, 5) is 12.4. The lowest BCUT2D eigenvalue weighted by molar-refractivity contribution is -0.112. The Hall–Kier alpha value is -2.81. The summed E-state index contributed by atoms with van der Waals surface area (Å²) in [6.45, 7) is 2.34. The number of halogens is 2. The molecular formula is C20H15Br2N3O3. The highest BCUT2D eigenvalue weighted by Gasteiger charge is 2.12. The number of carbonyl (C=O) groups is 1. The summed E-state index contributed by atoms with van der Waals surface area (Å²) in [5.41, 5.74) is 1.11. The fourth-order valence-corrected chi connectivity index (χ4v) is 3.67. The molecule has 8 heteroatoms. The summed E-state index contributed by atoms with van der Waals surface area (Å²) in [5.74, 6) is 0.643. The van der Waals surface area contributed by atoms with Gasteiger partial charge in [-0.3, -0.25) is 4.79 Å². The van der Waals surface area contributed by atoms with Crippen LogP contribution in [0.5, 0.6) is 11.5 Å². The molecule has 0 radical (unpaired) electrons. The van der Waals surface area contributed by atoms with Gasteiger partial charge in [-0.05, 0) is 86.8 Å². The monoisotopic (exact) mass is 503 g/mol. The normalized spacial score (nSPS) is 10.5. The van der Waals surface area contributed by atoms with Gasteiger partial charge in [0.05, 0.1) is 15.6 Å². The van der Waals surface area contributed by atoms with Crippen LogP contribution < -0.4 is 14.8 Å². The molecule has 142 valence electrons. The lowest BCUT2D eigenvalue weighted by Gasteiger charge is -2.09. The van der Waals surface area contributed by atoms with Crippen LogP contribution in [0.3, 0.4) is 0 Å². The predicted octanol–water partition coefficient (Wildman–Crippen LogP) is 5.06. The topological polar surface area (TPSA) is 95.1 Å². The minimum atomic E-state index is -0.524. The number of anilines is 1. The summed E-state index contributed by atoms with van der Waals surface area (Å²) in [5, 5.41) is 20.7. The second-order valence-corrected chi connectivity index (χ2v) is 7.05. The molecule has 0 unspecified atom stereocenters. The molecule has 28 heavy (non-hydrogen) atoms. The Kier molecular flexibility index (Phi) is 8.06. The fourth-order valence-electron chi connectivity index (χ4n) is 2.22. The Morgan fingerprint density at radius 2 is 1.79 bits per heavy atom. The van der Waals surface area contributed by atoms with Crippen LogP contribution in [0.25, 0.3) is 6.08 Å². The first kappa shape index (κ1) is 21.5. The maximum atomic E-state index is 12.4. The van der Waals surface area contributed by atoms with Gasteiger partial charge < -0.3 is 14.8 Å². The van der Waals surface area contributed by atoms with E-state index in [0.29, 0.717) is 38.3 Å². The molecule has 0 saturated heterocycles. The third-order valence-corrected chi connectivity index (χ3v) is 4.58. The van der Waals surface area contributed by atoms with Gasteiger partial charge in [0, 0.05) is 5.69 Å². The van der Waals surface area contributed by atoms with Gasteiger partial charge in [0.1, 0.15) is 29.2 Å². The second-order valence-electron chi connectivity index (χ2n) is 5.34. The van der Waals surface area contributed by atoms with Crippen LogP contribution in [0.2, 0.25) is 0 Å². The third-order valence-electron chi connectivity index (χ3n) is 3.40. The predicted molar refractivity (Wildman–Crippen MR) is 113 cm³/mol. The highest BCUT2D eigenvalue weighted by atomic mass is 79.9. The summed E-state index contributed by atoms with van der Waals surface area (Å²) in [7, 11) is 0. The van der Waals surface area contributed by atoms with E-state index in [1.165, 1.54) is 6.08 Å². The van der Waals surface area contributed by atoms with E-state index in [9.17, 15) is 10.1 Å². The van der Waals surface area contributed by atoms with Crippen LogP contribution in [-0.2, 0) is 4.79 Å². The van der Waals surface area contributed by atoms with Crippen LogP contribution in [0.1, 0.15) is 12.5 Å². The number of ether oxygens (including phenoxy) is 2. The quantitative estimate of drug-likeness (QED) is 0.420. The molecule has 0 bridgehead atoms. The van der Waals surface area contributed by atoms with Gasteiger partial charge in [0.2, 0.25) is 0 Å². The van der Waals surface area contributed by atoms with Crippen molar-refractivity contribution in [3.05, 3.63) is 56.5 Å². The molecule has 0 fully saturated rings. The number of nitriles is 2. The Morgan fingerprint density at radius 3 is 2.32 bits per heavy atom. The molecule has 2 aromatic carbocycles. The molecule has 2 rings (SSSR count). The van der Waals surface area contributed by atoms with Crippen LogP contribution in [0.4, 0.5) is 5.69 Å². The van der Waals surface area contributed by atoms with Crippen molar-refractivity contribution < 1.29 is 14.3 Å². The van der Waals surface area contributed by atoms with Crippen molar-refractivity contribution in [2.24, 2.45) is 0 Å². The number of hydrogen-bond donors (Lipinski definition) is 1. The molecule has 0 aliphatic rings. The summed E-state index contributed by atoms with van der Waals surface area (Å²) in [6, 6.07) is 14.1. The minimum absolute atomic E-state index is 0.0571. The van der Waals surface area contributed by atoms with Gasteiger partial charge in [-0.25, -0.2) is 0 Å². The molecular weight excluding hydrogens is 490 g/mol. The standard InChI is InChI=1S/C20H15Br2N3O3/c1-2-27-16-5-3-15(4-6-16)25-20(26)14(12-24)9-13-10-17(21)19(18(22)11-13)28-8-7-23/h3-6,9-11H,2,8H2,1H3,(H,25,26)/b14-9-. The van der Waals surface area contributed by atoms with E-state index in [4.69, 9.17) is 14.7 Å². The molecule has 0 aromatic heterocycles. The van der Waals surface area contributed by atoms with Crippen molar-refractivity contribution in [3.63, 3.8) is 0 Å². The maximum absolute atomic E-state index is 12.4. The van der Waals surface area contributed by atoms with Crippen LogP contribution in [0, 0.1) is 22.7 Å². The first-order chi connectivity index (χ1) is 13.5. The Labute approximate surface area is 179 Å². The zero-order valence-corrected chi connectivity index (χ0v) is 18.0. The summed E-state index contributed by atoms with van der Waals surface area (Å²) < 4.78 is 11.9. The third kappa shape index (κ3) is 5.85. The van der Waals surface area contributed by atoms with Crippen molar-refractivity contribution >= 4 is 49.5 Å². The van der Waals surface area contributed by atoms with E-state index in [-0.39, 0.29) is 12.2 Å². The highest BCUT2D eigenvalue weighted by Crippen LogP contribution is 2.35. The molecule has 0 spiro atoms. The first-order valence-corrected chi connectivity index (χ1v) is 9.71. The molecule has 6 nitrogen and oxygen atoms in total. The van der Waals surface area contributed by atoms with Gasteiger partial charge in [-0.1, -0.05) is 0 Å². The van der Waals surface area contributed by atoms with E-state index in [0.717, 1.165) is 0 Å². The van der Waals surface area contributed by atoms with E-state index in [1.807, 2.05) is 19.1 Å². The van der Waals surface area contributed by atoms with Crippen molar-refractivity contribution in [2.75, 3.05) is 18.5 Å². The van der Waals surface area contributed by atoms with Crippen LogP contribution in [0.15, 0.2) is 50.9 Å². The van der Waals surface area contributed by atoms with Crippen molar-refractivity contribution in [1.29, 1.82) is 10.5 Å². The zero-order valence-electron chi connectivity index (χ0n) is 14.8. The summed E-state index contributed by atoms with van der Waals surface area (Å²) in [6.07, 6.45) is 1.47. The molecule has 0 heterocycles. The number of nitrogens with one attached hydrogen (secondary N) is 1. The first-order valence-electron chi connectivity index (χ1n) is 8.13. The van der Waals surface area contributed by atoms with E-state index >= 15 is 0 Å².